The van der Waals surface area contributed by atoms with Crippen molar-refractivity contribution < 1.29 is 28.5 Å². The number of benzene rings is 2. The fraction of sp³-hybridized carbons (Fsp3) is 0.333. The third-order valence-corrected chi connectivity index (χ3v) is 4.18. The second-order valence-electron chi connectivity index (χ2n) is 6.43. The Kier molecular flexibility index (Phi) is 7.85. The van der Waals surface area contributed by atoms with Crippen molar-refractivity contribution in [2.75, 3.05) is 39.8 Å². The maximum atomic E-state index is 12.4. The van der Waals surface area contributed by atoms with Crippen LogP contribution in [0.5, 0.6) is 17.2 Å². The molecule has 0 aromatic heterocycles. The molecule has 0 radical (unpaired) electrons. The van der Waals surface area contributed by atoms with Gasteiger partial charge in [-0.3, -0.25) is 10.1 Å². The fourth-order valence-electron chi connectivity index (χ4n) is 2.51. The molecule has 0 heterocycles. The van der Waals surface area contributed by atoms with Gasteiger partial charge in [-0.05, 0) is 19.1 Å². The van der Waals surface area contributed by atoms with E-state index in [-0.39, 0.29) is 19.1 Å². The number of anilines is 1. The highest BCUT2D eigenvalue weighted by atomic mass is 16.5. The molecule has 0 spiro atoms. The number of methoxy groups -OCH3 is 3. The van der Waals surface area contributed by atoms with E-state index in [0.717, 1.165) is 0 Å². The normalized spacial score (nSPS) is 12.4. The second kappa shape index (κ2) is 10.3. The number of para-hydroxylation sites is 1. The molecule has 2 rings (SSSR count). The second-order valence-corrected chi connectivity index (χ2v) is 6.43. The Morgan fingerprint density at radius 2 is 1.55 bits per heavy atom. The molecule has 0 saturated heterocycles. The Balaban J connectivity index is 2.01. The van der Waals surface area contributed by atoms with Crippen LogP contribution < -0.4 is 24.8 Å². The molecule has 0 aliphatic heterocycles. The predicted molar refractivity (Wildman–Crippen MR) is 109 cm³/mol. The lowest BCUT2D eigenvalue weighted by Crippen LogP contribution is -2.56. The van der Waals surface area contributed by atoms with Gasteiger partial charge in [0.05, 0.1) is 27.9 Å². The summed E-state index contributed by atoms with van der Waals surface area (Å²) in [5.41, 5.74) is -0.707. The largest absolute Gasteiger partial charge is 0.497 e. The Labute approximate surface area is 170 Å². The summed E-state index contributed by atoms with van der Waals surface area (Å²) in [6.45, 7) is 1.47. The van der Waals surface area contributed by atoms with E-state index in [9.17, 15) is 9.59 Å². The summed E-state index contributed by atoms with van der Waals surface area (Å²) in [6, 6.07) is 14.1. The van der Waals surface area contributed by atoms with Gasteiger partial charge in [-0.25, -0.2) is 4.79 Å². The van der Waals surface area contributed by atoms with E-state index in [1.54, 1.807) is 37.3 Å². The molecule has 8 heteroatoms. The number of hydrogen-bond donors (Lipinski definition) is 2. The standard InChI is InChI=1S/C21H26N2O6/c1-21(20(25)28-4,14-29-16-8-6-5-7-9-16)22-13-19(24)23-15-10-17(26-2)12-18(11-15)27-3/h5-12,22H,13-14H2,1-4H3,(H,23,24). The van der Waals surface area contributed by atoms with Crippen LogP contribution >= 0.6 is 0 Å². The van der Waals surface area contributed by atoms with E-state index in [4.69, 9.17) is 18.9 Å². The molecule has 1 amide bonds. The third kappa shape index (κ3) is 6.39. The summed E-state index contributed by atoms with van der Waals surface area (Å²) < 4.78 is 20.9. The molecule has 0 aliphatic carbocycles. The van der Waals surface area contributed by atoms with Crippen molar-refractivity contribution in [1.29, 1.82) is 0 Å². The van der Waals surface area contributed by atoms with E-state index in [1.165, 1.54) is 21.3 Å². The van der Waals surface area contributed by atoms with Crippen molar-refractivity contribution in [3.63, 3.8) is 0 Å². The highest BCUT2D eigenvalue weighted by Crippen LogP contribution is 2.25. The van der Waals surface area contributed by atoms with Gasteiger partial charge in [-0.15, -0.1) is 0 Å². The Hall–Kier alpha value is -3.26. The van der Waals surface area contributed by atoms with Gasteiger partial charge < -0.3 is 24.3 Å². The molecule has 2 aromatic rings. The molecule has 0 saturated carbocycles. The number of carbonyl (C=O) groups is 2. The highest BCUT2D eigenvalue weighted by molar-refractivity contribution is 5.93. The van der Waals surface area contributed by atoms with Crippen LogP contribution in [0, 0.1) is 0 Å². The van der Waals surface area contributed by atoms with E-state index >= 15 is 0 Å². The monoisotopic (exact) mass is 402 g/mol. The van der Waals surface area contributed by atoms with E-state index in [1.807, 2.05) is 18.2 Å². The van der Waals surface area contributed by atoms with Crippen LogP contribution in [-0.2, 0) is 14.3 Å². The summed E-state index contributed by atoms with van der Waals surface area (Å²) in [6.07, 6.45) is 0. The quantitative estimate of drug-likeness (QED) is 0.589. The van der Waals surface area contributed by atoms with Crippen LogP contribution in [0.25, 0.3) is 0 Å². The lowest BCUT2D eigenvalue weighted by molar-refractivity contribution is -0.149. The number of esters is 1. The summed E-state index contributed by atoms with van der Waals surface area (Å²) >= 11 is 0. The predicted octanol–water partition coefficient (Wildman–Crippen LogP) is 2.24. The van der Waals surface area contributed by atoms with Crippen LogP contribution in [0.4, 0.5) is 5.69 Å². The molecular formula is C21H26N2O6. The Morgan fingerprint density at radius 3 is 2.10 bits per heavy atom. The number of amides is 1. The molecule has 2 aromatic carbocycles. The van der Waals surface area contributed by atoms with Gasteiger partial charge in [-0.1, -0.05) is 18.2 Å². The maximum Gasteiger partial charge on any atom is 0.329 e. The topological polar surface area (TPSA) is 95.1 Å². The highest BCUT2D eigenvalue weighted by Gasteiger charge is 2.35. The summed E-state index contributed by atoms with van der Waals surface area (Å²) in [5.74, 6) is 0.809. The lowest BCUT2D eigenvalue weighted by atomic mass is 10.0. The maximum absolute atomic E-state index is 12.4. The van der Waals surface area contributed by atoms with E-state index < -0.39 is 11.5 Å². The first-order valence-electron chi connectivity index (χ1n) is 8.94. The lowest BCUT2D eigenvalue weighted by Gasteiger charge is -2.27. The molecule has 1 atom stereocenters. The molecule has 8 nitrogen and oxygen atoms in total. The Morgan fingerprint density at radius 1 is 0.931 bits per heavy atom. The van der Waals surface area contributed by atoms with Gasteiger partial charge >= 0.3 is 5.97 Å². The minimum absolute atomic E-state index is 0.00997. The van der Waals surface area contributed by atoms with Crippen molar-refractivity contribution in [3.8, 4) is 17.2 Å². The fourth-order valence-corrected chi connectivity index (χ4v) is 2.51. The first kappa shape index (κ1) is 22.0. The minimum Gasteiger partial charge on any atom is -0.497 e. The van der Waals surface area contributed by atoms with Crippen LogP contribution in [0.2, 0.25) is 0 Å². The van der Waals surface area contributed by atoms with Crippen LogP contribution in [-0.4, -0.2) is 51.9 Å². The molecule has 156 valence electrons. The van der Waals surface area contributed by atoms with Crippen molar-refractivity contribution >= 4 is 17.6 Å². The number of ether oxygens (including phenoxy) is 4. The number of nitrogens with one attached hydrogen (secondary N) is 2. The van der Waals surface area contributed by atoms with Crippen molar-refractivity contribution in [2.45, 2.75) is 12.5 Å². The molecule has 29 heavy (non-hydrogen) atoms. The number of carbonyl (C=O) groups excluding carboxylic acids is 2. The SMILES string of the molecule is COC(=O)C(C)(COc1ccccc1)NCC(=O)Nc1cc(OC)cc(OC)c1. The third-order valence-electron chi connectivity index (χ3n) is 4.18. The molecule has 0 aliphatic rings. The zero-order valence-electron chi connectivity index (χ0n) is 17.0. The summed E-state index contributed by atoms with van der Waals surface area (Å²) in [5, 5.41) is 5.66. The average molecular weight is 402 g/mol. The molecule has 0 bridgehead atoms. The van der Waals surface area contributed by atoms with Crippen LogP contribution in [0.1, 0.15) is 6.92 Å². The van der Waals surface area contributed by atoms with Crippen molar-refractivity contribution in [1.82, 2.24) is 5.32 Å². The van der Waals surface area contributed by atoms with Gasteiger partial charge in [-0.2, -0.15) is 0 Å². The molecule has 0 fully saturated rings. The smallest absolute Gasteiger partial charge is 0.329 e. The number of rotatable bonds is 10. The minimum atomic E-state index is -1.21. The summed E-state index contributed by atoms with van der Waals surface area (Å²) in [4.78, 5) is 24.7. The average Bonchev–Trinajstić information content (AvgIpc) is 2.76. The van der Waals surface area contributed by atoms with Gasteiger partial charge in [0.25, 0.3) is 0 Å². The molecule has 2 N–H and O–H groups in total. The van der Waals surface area contributed by atoms with Crippen LogP contribution in [0.15, 0.2) is 48.5 Å². The first-order chi connectivity index (χ1) is 13.9. The van der Waals surface area contributed by atoms with Crippen LogP contribution in [0.3, 0.4) is 0 Å². The van der Waals surface area contributed by atoms with Crippen molar-refractivity contribution in [2.24, 2.45) is 0 Å². The van der Waals surface area contributed by atoms with E-state index in [0.29, 0.717) is 22.9 Å². The first-order valence-corrected chi connectivity index (χ1v) is 8.94. The van der Waals surface area contributed by atoms with Gasteiger partial charge in [0, 0.05) is 23.9 Å². The molecular weight excluding hydrogens is 376 g/mol. The zero-order valence-corrected chi connectivity index (χ0v) is 17.0. The summed E-state index contributed by atoms with van der Waals surface area (Å²) in [7, 11) is 4.33. The van der Waals surface area contributed by atoms with E-state index in [2.05, 4.69) is 10.6 Å². The van der Waals surface area contributed by atoms with Gasteiger partial charge in [0.15, 0.2) is 0 Å². The number of hydrogen-bond acceptors (Lipinski definition) is 7. The molecule has 1 unspecified atom stereocenters. The Bertz CT molecular complexity index is 805. The van der Waals surface area contributed by atoms with Gasteiger partial charge in [0.2, 0.25) is 5.91 Å². The van der Waals surface area contributed by atoms with Gasteiger partial charge in [0.1, 0.15) is 29.4 Å². The zero-order chi connectivity index (χ0) is 21.3. The van der Waals surface area contributed by atoms with Crippen molar-refractivity contribution in [3.05, 3.63) is 48.5 Å².